The number of fused-ring (bicyclic) bond motifs is 1. The number of nitrogens with zero attached hydrogens (tertiary/aromatic N) is 2. The Morgan fingerprint density at radius 2 is 1.58 bits per heavy atom. The highest BCUT2D eigenvalue weighted by Gasteiger charge is 2.18. The van der Waals surface area contributed by atoms with E-state index < -0.39 is 0 Å². The second kappa shape index (κ2) is 9.79. The molecule has 0 fully saturated rings. The van der Waals surface area contributed by atoms with Crippen molar-refractivity contribution in [3.63, 3.8) is 0 Å². The number of ether oxygens (including phenoxy) is 3. The summed E-state index contributed by atoms with van der Waals surface area (Å²) in [5, 5.41) is 0.877. The maximum Gasteiger partial charge on any atom is 0.266 e. The summed E-state index contributed by atoms with van der Waals surface area (Å²) in [5.41, 5.74) is 1.36. The molecule has 0 saturated heterocycles. The van der Waals surface area contributed by atoms with E-state index in [4.69, 9.17) is 14.2 Å². The summed E-state index contributed by atoms with van der Waals surface area (Å²) < 4.78 is 17.5. The van der Waals surface area contributed by atoms with Crippen LogP contribution in [0.15, 0.2) is 76.7 Å². The van der Waals surface area contributed by atoms with E-state index in [1.165, 1.54) is 30.5 Å². The Bertz CT molecular complexity index is 1380. The summed E-state index contributed by atoms with van der Waals surface area (Å²) >= 11 is 1.19. The lowest BCUT2D eigenvalue weighted by molar-refractivity contribution is 0.101. The summed E-state index contributed by atoms with van der Waals surface area (Å²) in [4.78, 5) is 31.1. The van der Waals surface area contributed by atoms with Gasteiger partial charge in [-0.1, -0.05) is 36.0 Å². The Hall–Kier alpha value is -3.78. The van der Waals surface area contributed by atoms with Crippen LogP contribution in [-0.4, -0.2) is 42.4 Å². The predicted molar refractivity (Wildman–Crippen MR) is 128 cm³/mol. The Kier molecular flexibility index (Phi) is 6.65. The monoisotopic (exact) mass is 462 g/mol. The molecule has 0 atom stereocenters. The molecule has 8 heteroatoms. The van der Waals surface area contributed by atoms with E-state index in [1.54, 1.807) is 61.7 Å². The van der Waals surface area contributed by atoms with Crippen molar-refractivity contribution in [2.45, 2.75) is 5.16 Å². The highest BCUT2D eigenvalue weighted by Crippen LogP contribution is 2.31. The molecular weight excluding hydrogens is 440 g/mol. The summed E-state index contributed by atoms with van der Waals surface area (Å²) in [5.74, 6) is 1.49. The van der Waals surface area contributed by atoms with Gasteiger partial charge in [0.2, 0.25) is 0 Å². The number of benzene rings is 3. The van der Waals surface area contributed by atoms with Gasteiger partial charge in [0.05, 0.1) is 49.2 Å². The van der Waals surface area contributed by atoms with E-state index in [9.17, 15) is 9.59 Å². The Labute approximate surface area is 194 Å². The zero-order chi connectivity index (χ0) is 23.4. The van der Waals surface area contributed by atoms with Crippen LogP contribution < -0.4 is 19.8 Å². The third kappa shape index (κ3) is 4.42. The van der Waals surface area contributed by atoms with Crippen LogP contribution in [-0.2, 0) is 0 Å². The van der Waals surface area contributed by atoms with Gasteiger partial charge in [-0.2, -0.15) is 0 Å². The lowest BCUT2D eigenvalue weighted by Gasteiger charge is -2.15. The summed E-state index contributed by atoms with van der Waals surface area (Å²) in [6.07, 6.45) is 0. The van der Waals surface area contributed by atoms with Gasteiger partial charge >= 0.3 is 0 Å². The van der Waals surface area contributed by atoms with E-state index >= 15 is 0 Å². The third-order valence-electron chi connectivity index (χ3n) is 5.11. The first kappa shape index (κ1) is 22.4. The van der Waals surface area contributed by atoms with Crippen molar-refractivity contribution in [3.05, 3.63) is 82.6 Å². The van der Waals surface area contributed by atoms with E-state index in [1.807, 2.05) is 12.1 Å². The molecule has 168 valence electrons. The minimum atomic E-state index is -0.236. The van der Waals surface area contributed by atoms with Crippen LogP contribution in [0, 0.1) is 0 Å². The summed E-state index contributed by atoms with van der Waals surface area (Å²) in [6.45, 7) is 0. The highest BCUT2D eigenvalue weighted by atomic mass is 32.2. The predicted octanol–water partition coefficient (Wildman–Crippen LogP) is 4.39. The standard InChI is InChI=1S/C25H22N2O5S/c1-30-21-11-7-5-9-18(21)20(28)15-33-25-26-19-10-6-4-8-17(19)24(29)27(25)16-12-13-22(31-2)23(14-16)32-3/h4-14H,15H2,1-3H3. The average molecular weight is 463 g/mol. The maximum absolute atomic E-state index is 13.5. The number of Topliss-reactive ketones (excluding diaryl/α,β-unsaturated/α-hetero) is 1. The van der Waals surface area contributed by atoms with Gasteiger partial charge in [0.25, 0.3) is 5.56 Å². The van der Waals surface area contributed by atoms with Crippen molar-refractivity contribution in [2.75, 3.05) is 27.1 Å². The van der Waals surface area contributed by atoms with E-state index in [0.717, 1.165) is 0 Å². The largest absolute Gasteiger partial charge is 0.496 e. The van der Waals surface area contributed by atoms with Crippen LogP contribution in [0.4, 0.5) is 0 Å². The minimum absolute atomic E-state index is 0.0818. The number of carbonyl (C=O) groups excluding carboxylic acids is 1. The van der Waals surface area contributed by atoms with Crippen LogP contribution in [0.5, 0.6) is 17.2 Å². The molecule has 0 unspecified atom stereocenters. The third-order valence-corrected chi connectivity index (χ3v) is 6.05. The van der Waals surface area contributed by atoms with Crippen LogP contribution in [0.25, 0.3) is 16.6 Å². The van der Waals surface area contributed by atoms with Gasteiger partial charge in [-0.05, 0) is 36.4 Å². The molecule has 1 aromatic heterocycles. The molecule has 0 aliphatic carbocycles. The smallest absolute Gasteiger partial charge is 0.266 e. The van der Waals surface area contributed by atoms with Crippen LogP contribution in [0.1, 0.15) is 10.4 Å². The number of ketones is 1. The van der Waals surface area contributed by atoms with Crippen LogP contribution in [0.3, 0.4) is 0 Å². The number of methoxy groups -OCH3 is 3. The maximum atomic E-state index is 13.5. The molecule has 7 nitrogen and oxygen atoms in total. The number of thioether (sulfide) groups is 1. The molecule has 1 heterocycles. The number of hydrogen-bond donors (Lipinski definition) is 0. The SMILES string of the molecule is COc1ccc(-n2c(SCC(=O)c3ccccc3OC)nc3ccccc3c2=O)cc1OC. The van der Waals surface area contributed by atoms with Gasteiger partial charge in [0, 0.05) is 6.07 Å². The van der Waals surface area contributed by atoms with Crippen LogP contribution >= 0.6 is 11.8 Å². The molecule has 0 spiro atoms. The topological polar surface area (TPSA) is 79.7 Å². The second-order valence-electron chi connectivity index (χ2n) is 7.00. The molecule has 0 saturated carbocycles. The van der Waals surface area contributed by atoms with Gasteiger partial charge in [-0.3, -0.25) is 14.2 Å². The van der Waals surface area contributed by atoms with Gasteiger partial charge < -0.3 is 14.2 Å². The molecule has 33 heavy (non-hydrogen) atoms. The Morgan fingerprint density at radius 3 is 2.33 bits per heavy atom. The van der Waals surface area contributed by atoms with Gasteiger partial charge in [0.1, 0.15) is 5.75 Å². The molecule has 0 bridgehead atoms. The fourth-order valence-electron chi connectivity index (χ4n) is 3.48. The van der Waals surface area contributed by atoms with E-state index in [0.29, 0.717) is 44.6 Å². The number of carbonyl (C=O) groups is 1. The van der Waals surface area contributed by atoms with Crippen LogP contribution in [0.2, 0.25) is 0 Å². The lowest BCUT2D eigenvalue weighted by Crippen LogP contribution is -2.22. The molecule has 3 aromatic carbocycles. The minimum Gasteiger partial charge on any atom is -0.496 e. The van der Waals surface area contributed by atoms with Crippen molar-refractivity contribution in [2.24, 2.45) is 0 Å². The Balaban J connectivity index is 1.79. The summed E-state index contributed by atoms with van der Waals surface area (Å²) in [6, 6.07) is 19.4. The first-order valence-corrected chi connectivity index (χ1v) is 11.1. The molecule has 4 aromatic rings. The van der Waals surface area contributed by atoms with E-state index in [2.05, 4.69) is 4.98 Å². The van der Waals surface area contributed by atoms with Crippen molar-refractivity contribution in [1.29, 1.82) is 0 Å². The molecule has 0 radical (unpaired) electrons. The Morgan fingerprint density at radius 1 is 0.879 bits per heavy atom. The fourth-order valence-corrected chi connectivity index (χ4v) is 4.38. The molecule has 4 rings (SSSR count). The van der Waals surface area contributed by atoms with Gasteiger partial charge in [0.15, 0.2) is 22.4 Å². The molecule has 0 amide bonds. The lowest BCUT2D eigenvalue weighted by atomic mass is 10.1. The molecule has 0 aliphatic rings. The number of para-hydroxylation sites is 2. The normalized spacial score (nSPS) is 10.8. The first-order valence-electron chi connectivity index (χ1n) is 10.1. The fraction of sp³-hybridized carbons (Fsp3) is 0.160. The number of rotatable bonds is 8. The van der Waals surface area contributed by atoms with Crippen molar-refractivity contribution in [1.82, 2.24) is 9.55 Å². The number of hydrogen-bond acceptors (Lipinski definition) is 7. The van der Waals surface area contributed by atoms with Crippen molar-refractivity contribution < 1.29 is 19.0 Å². The van der Waals surface area contributed by atoms with Gasteiger partial charge in [-0.15, -0.1) is 0 Å². The number of aromatic nitrogens is 2. The highest BCUT2D eigenvalue weighted by molar-refractivity contribution is 7.99. The van der Waals surface area contributed by atoms with Crippen molar-refractivity contribution >= 4 is 28.4 Å². The molecular formula is C25H22N2O5S. The quantitative estimate of drug-likeness (QED) is 0.218. The zero-order valence-electron chi connectivity index (χ0n) is 18.4. The first-order chi connectivity index (χ1) is 16.1. The summed E-state index contributed by atoms with van der Waals surface area (Å²) in [7, 11) is 4.61. The molecule has 0 N–H and O–H groups in total. The van der Waals surface area contributed by atoms with Crippen molar-refractivity contribution in [3.8, 4) is 22.9 Å². The van der Waals surface area contributed by atoms with E-state index in [-0.39, 0.29) is 17.1 Å². The molecule has 0 aliphatic heterocycles. The average Bonchev–Trinajstić information content (AvgIpc) is 2.86. The van der Waals surface area contributed by atoms with Gasteiger partial charge in [-0.25, -0.2) is 4.98 Å². The second-order valence-corrected chi connectivity index (χ2v) is 7.95. The zero-order valence-corrected chi connectivity index (χ0v) is 19.2.